The summed E-state index contributed by atoms with van der Waals surface area (Å²) in [7, 11) is -3.46. The second kappa shape index (κ2) is 5.81. The van der Waals surface area contributed by atoms with Crippen molar-refractivity contribution in [3.8, 4) is 0 Å². The molecule has 0 unspecified atom stereocenters. The van der Waals surface area contributed by atoms with E-state index in [0.29, 0.717) is 5.92 Å². The van der Waals surface area contributed by atoms with E-state index in [9.17, 15) is 8.42 Å². The molecule has 2 rings (SSSR count). The molecule has 0 aliphatic heterocycles. The zero-order valence-electron chi connectivity index (χ0n) is 10.8. The van der Waals surface area contributed by atoms with Crippen LogP contribution in [0.2, 0.25) is 0 Å². The lowest BCUT2D eigenvalue weighted by Gasteiger charge is -2.08. The fraction of sp³-hybridized carbons (Fsp3) is 0.308. The van der Waals surface area contributed by atoms with Gasteiger partial charge in [0.1, 0.15) is 0 Å². The van der Waals surface area contributed by atoms with Crippen molar-refractivity contribution in [3.05, 3.63) is 46.4 Å². The lowest BCUT2D eigenvalue weighted by atomic mass is 10.0. The molecule has 102 valence electrons. The molecule has 1 aromatic carbocycles. The highest BCUT2D eigenvalue weighted by molar-refractivity contribution is 7.89. The summed E-state index contributed by atoms with van der Waals surface area (Å²) in [6.07, 6.45) is 0. The molecule has 0 atom stereocenters. The van der Waals surface area contributed by atoms with Gasteiger partial charge in [0, 0.05) is 5.38 Å². The molecular formula is C13H16N2O2S2. The Morgan fingerprint density at radius 3 is 2.47 bits per heavy atom. The van der Waals surface area contributed by atoms with Gasteiger partial charge in [-0.05, 0) is 23.6 Å². The smallest absolute Gasteiger partial charge is 0.240 e. The van der Waals surface area contributed by atoms with E-state index in [1.165, 1.54) is 11.3 Å². The fourth-order valence-electron chi connectivity index (χ4n) is 1.61. The Hall–Kier alpha value is -1.24. The van der Waals surface area contributed by atoms with Crippen LogP contribution in [-0.2, 0) is 16.6 Å². The molecule has 6 heteroatoms. The van der Waals surface area contributed by atoms with Gasteiger partial charge >= 0.3 is 0 Å². The molecule has 2 aromatic rings. The second-order valence-corrected chi connectivity index (χ2v) is 7.01. The zero-order chi connectivity index (χ0) is 13.9. The molecule has 0 amide bonds. The third-order valence-corrected chi connectivity index (χ3v) is 4.84. The van der Waals surface area contributed by atoms with Crippen LogP contribution in [0, 0.1) is 0 Å². The largest absolute Gasteiger partial charge is 0.248 e. The minimum Gasteiger partial charge on any atom is -0.248 e. The van der Waals surface area contributed by atoms with Gasteiger partial charge in [0.05, 0.1) is 22.6 Å². The molecule has 0 aliphatic carbocycles. The maximum atomic E-state index is 12.1. The van der Waals surface area contributed by atoms with Crippen molar-refractivity contribution in [1.29, 1.82) is 0 Å². The number of thiazole rings is 1. The van der Waals surface area contributed by atoms with E-state index in [1.807, 2.05) is 17.5 Å². The Morgan fingerprint density at radius 2 is 1.95 bits per heavy atom. The second-order valence-electron chi connectivity index (χ2n) is 4.53. The van der Waals surface area contributed by atoms with Crippen molar-refractivity contribution in [2.75, 3.05) is 0 Å². The van der Waals surface area contributed by atoms with Crippen LogP contribution in [0.3, 0.4) is 0 Å². The first-order chi connectivity index (χ1) is 8.99. The highest BCUT2D eigenvalue weighted by atomic mass is 32.2. The minimum absolute atomic E-state index is 0.220. The van der Waals surface area contributed by atoms with Crippen LogP contribution in [0.25, 0.3) is 0 Å². The number of benzene rings is 1. The van der Waals surface area contributed by atoms with Gasteiger partial charge in [0.2, 0.25) is 10.0 Å². The SMILES string of the molecule is CC(C)c1ccc(S(=O)(=O)NCc2cscn2)cc1. The molecule has 0 bridgehead atoms. The Kier molecular flexibility index (Phi) is 4.34. The Labute approximate surface area is 117 Å². The number of aromatic nitrogens is 1. The topological polar surface area (TPSA) is 59.1 Å². The summed E-state index contributed by atoms with van der Waals surface area (Å²) >= 11 is 1.45. The molecular weight excluding hydrogens is 280 g/mol. The van der Waals surface area contributed by atoms with E-state index < -0.39 is 10.0 Å². The fourth-order valence-corrected chi connectivity index (χ4v) is 3.17. The van der Waals surface area contributed by atoms with Crippen molar-refractivity contribution < 1.29 is 8.42 Å². The number of nitrogens with one attached hydrogen (secondary N) is 1. The number of hydrogen-bond acceptors (Lipinski definition) is 4. The van der Waals surface area contributed by atoms with E-state index in [4.69, 9.17) is 0 Å². The summed E-state index contributed by atoms with van der Waals surface area (Å²) in [5, 5.41) is 1.82. The highest BCUT2D eigenvalue weighted by Crippen LogP contribution is 2.17. The van der Waals surface area contributed by atoms with Crippen molar-refractivity contribution in [1.82, 2.24) is 9.71 Å². The standard InChI is InChI=1S/C13H16N2O2S2/c1-10(2)11-3-5-13(6-4-11)19(16,17)15-7-12-8-18-9-14-12/h3-6,8-10,15H,7H2,1-2H3. The molecule has 1 aromatic heterocycles. The lowest BCUT2D eigenvalue weighted by Crippen LogP contribution is -2.23. The number of sulfonamides is 1. The monoisotopic (exact) mass is 296 g/mol. The van der Waals surface area contributed by atoms with E-state index >= 15 is 0 Å². The van der Waals surface area contributed by atoms with Crippen LogP contribution in [-0.4, -0.2) is 13.4 Å². The highest BCUT2D eigenvalue weighted by Gasteiger charge is 2.14. The summed E-state index contributed by atoms with van der Waals surface area (Å²) in [5.74, 6) is 0.389. The van der Waals surface area contributed by atoms with Crippen LogP contribution < -0.4 is 4.72 Å². The average molecular weight is 296 g/mol. The minimum atomic E-state index is -3.46. The van der Waals surface area contributed by atoms with Gasteiger partial charge in [0.15, 0.2) is 0 Å². The van der Waals surface area contributed by atoms with E-state index in [-0.39, 0.29) is 11.4 Å². The van der Waals surface area contributed by atoms with Crippen molar-refractivity contribution >= 4 is 21.4 Å². The van der Waals surface area contributed by atoms with Crippen molar-refractivity contribution in [2.24, 2.45) is 0 Å². The zero-order valence-corrected chi connectivity index (χ0v) is 12.5. The Balaban J connectivity index is 2.10. The number of rotatable bonds is 5. The van der Waals surface area contributed by atoms with E-state index in [1.54, 1.807) is 17.6 Å². The molecule has 1 N–H and O–H groups in total. The Morgan fingerprint density at radius 1 is 1.26 bits per heavy atom. The molecule has 4 nitrogen and oxygen atoms in total. The van der Waals surface area contributed by atoms with Crippen LogP contribution in [0.5, 0.6) is 0 Å². The third kappa shape index (κ3) is 3.62. The van der Waals surface area contributed by atoms with Crippen LogP contribution >= 0.6 is 11.3 Å². The van der Waals surface area contributed by atoms with E-state index in [2.05, 4.69) is 23.6 Å². The molecule has 19 heavy (non-hydrogen) atoms. The maximum Gasteiger partial charge on any atom is 0.240 e. The molecule has 0 saturated carbocycles. The summed E-state index contributed by atoms with van der Waals surface area (Å²) in [5.41, 5.74) is 3.53. The summed E-state index contributed by atoms with van der Waals surface area (Å²) < 4.78 is 26.7. The van der Waals surface area contributed by atoms with Gasteiger partial charge in [-0.3, -0.25) is 0 Å². The molecule has 0 fully saturated rings. The first-order valence-corrected chi connectivity index (χ1v) is 8.38. The number of hydrogen-bond donors (Lipinski definition) is 1. The first-order valence-electron chi connectivity index (χ1n) is 5.96. The van der Waals surface area contributed by atoms with Gasteiger partial charge in [-0.2, -0.15) is 0 Å². The van der Waals surface area contributed by atoms with Gasteiger partial charge in [0.25, 0.3) is 0 Å². The average Bonchev–Trinajstić information content (AvgIpc) is 2.90. The molecule has 0 spiro atoms. The first kappa shape index (κ1) is 14.2. The van der Waals surface area contributed by atoms with Gasteiger partial charge < -0.3 is 0 Å². The summed E-state index contributed by atoms with van der Waals surface area (Å²) in [6.45, 7) is 4.37. The molecule has 0 saturated heterocycles. The maximum absolute atomic E-state index is 12.1. The van der Waals surface area contributed by atoms with Crippen LogP contribution in [0.4, 0.5) is 0 Å². The third-order valence-electron chi connectivity index (χ3n) is 2.78. The normalized spacial score (nSPS) is 11.9. The van der Waals surface area contributed by atoms with E-state index in [0.717, 1.165) is 11.3 Å². The summed E-state index contributed by atoms with van der Waals surface area (Å²) in [6, 6.07) is 6.97. The lowest BCUT2D eigenvalue weighted by molar-refractivity contribution is 0.580. The van der Waals surface area contributed by atoms with Crippen molar-refractivity contribution in [2.45, 2.75) is 31.2 Å². The number of nitrogens with zero attached hydrogens (tertiary/aromatic N) is 1. The molecule has 1 heterocycles. The quantitative estimate of drug-likeness (QED) is 0.923. The van der Waals surface area contributed by atoms with Crippen molar-refractivity contribution in [3.63, 3.8) is 0 Å². The van der Waals surface area contributed by atoms with Crippen LogP contribution in [0.15, 0.2) is 40.1 Å². The van der Waals surface area contributed by atoms with Gasteiger partial charge in [-0.1, -0.05) is 26.0 Å². The molecule has 0 radical (unpaired) electrons. The van der Waals surface area contributed by atoms with Gasteiger partial charge in [-0.25, -0.2) is 18.1 Å². The van der Waals surface area contributed by atoms with Crippen LogP contribution in [0.1, 0.15) is 31.0 Å². The summed E-state index contributed by atoms with van der Waals surface area (Å²) in [4.78, 5) is 4.33. The molecule has 0 aliphatic rings. The van der Waals surface area contributed by atoms with Gasteiger partial charge in [-0.15, -0.1) is 11.3 Å². The predicted molar refractivity (Wildman–Crippen MR) is 76.7 cm³/mol. The predicted octanol–water partition coefficient (Wildman–Crippen LogP) is 2.75. The Bertz CT molecular complexity index is 617.